The number of nitrogens with zero attached hydrogens (tertiary/aromatic N) is 1. The van der Waals surface area contributed by atoms with Crippen molar-refractivity contribution in [3.8, 4) is 0 Å². The van der Waals surface area contributed by atoms with Crippen LogP contribution in [0.2, 0.25) is 5.02 Å². The molecule has 1 saturated heterocycles. The molecule has 1 aliphatic rings. The lowest BCUT2D eigenvalue weighted by molar-refractivity contribution is 0.728. The third-order valence-electron chi connectivity index (χ3n) is 3.17. The second kappa shape index (κ2) is 6.13. The maximum atomic E-state index is 6.33. The highest BCUT2D eigenvalue weighted by atomic mass is 35.5. The lowest BCUT2D eigenvalue weighted by Gasteiger charge is -2.34. The topological polar surface area (TPSA) is 29.3 Å². The maximum absolute atomic E-state index is 6.33. The molecule has 1 aromatic carbocycles. The standard InChI is InChI=1S/C13H17ClN2S2/c1-2-10-8-16(5-6-18-10)12-4-3-9(13(15)17)7-11(12)14/h3-4,7,10H,2,5-6,8H2,1H3,(H2,15,17). The molecule has 2 rings (SSSR count). The van der Waals surface area contributed by atoms with Crippen LogP contribution in [0.5, 0.6) is 0 Å². The van der Waals surface area contributed by atoms with Crippen molar-refractivity contribution in [2.45, 2.75) is 18.6 Å². The van der Waals surface area contributed by atoms with Crippen LogP contribution in [0.15, 0.2) is 18.2 Å². The molecule has 1 unspecified atom stereocenters. The highest BCUT2D eigenvalue weighted by Gasteiger charge is 2.20. The fourth-order valence-corrected chi connectivity index (χ4v) is 3.71. The molecule has 0 radical (unpaired) electrons. The molecule has 2 N–H and O–H groups in total. The van der Waals surface area contributed by atoms with E-state index in [2.05, 4.69) is 11.8 Å². The first-order chi connectivity index (χ1) is 8.61. The molecule has 1 aliphatic heterocycles. The van der Waals surface area contributed by atoms with Gasteiger partial charge in [0.1, 0.15) is 4.99 Å². The minimum atomic E-state index is 0.393. The van der Waals surface area contributed by atoms with Gasteiger partial charge in [-0.05, 0) is 24.6 Å². The Balaban J connectivity index is 2.20. The molecule has 0 amide bonds. The highest BCUT2D eigenvalue weighted by Crippen LogP contribution is 2.31. The van der Waals surface area contributed by atoms with Crippen LogP contribution in [0.4, 0.5) is 5.69 Å². The molecule has 18 heavy (non-hydrogen) atoms. The van der Waals surface area contributed by atoms with Crippen molar-refractivity contribution in [2.75, 3.05) is 23.7 Å². The maximum Gasteiger partial charge on any atom is 0.104 e. The van der Waals surface area contributed by atoms with E-state index in [0.29, 0.717) is 10.2 Å². The van der Waals surface area contributed by atoms with Crippen LogP contribution >= 0.6 is 35.6 Å². The Morgan fingerprint density at radius 3 is 3.00 bits per heavy atom. The van der Waals surface area contributed by atoms with E-state index in [0.717, 1.165) is 35.1 Å². The Bertz CT molecular complexity index is 451. The number of hydrogen-bond acceptors (Lipinski definition) is 3. The first-order valence-corrected chi connectivity index (χ1v) is 7.91. The van der Waals surface area contributed by atoms with Crippen LogP contribution < -0.4 is 10.6 Å². The van der Waals surface area contributed by atoms with E-state index < -0.39 is 0 Å². The Labute approximate surface area is 123 Å². The van der Waals surface area contributed by atoms with E-state index in [1.807, 2.05) is 30.0 Å². The minimum absolute atomic E-state index is 0.393. The van der Waals surface area contributed by atoms with Crippen LogP contribution in [0.1, 0.15) is 18.9 Å². The van der Waals surface area contributed by atoms with Gasteiger partial charge in [0.15, 0.2) is 0 Å². The van der Waals surface area contributed by atoms with Gasteiger partial charge in [0.25, 0.3) is 0 Å². The first kappa shape index (κ1) is 14.0. The smallest absolute Gasteiger partial charge is 0.104 e. The number of thioether (sulfide) groups is 1. The Morgan fingerprint density at radius 1 is 1.61 bits per heavy atom. The van der Waals surface area contributed by atoms with Crippen LogP contribution in [-0.4, -0.2) is 29.1 Å². The average molecular weight is 301 g/mol. The normalized spacial score (nSPS) is 19.9. The van der Waals surface area contributed by atoms with Gasteiger partial charge < -0.3 is 10.6 Å². The predicted octanol–water partition coefficient (Wildman–Crippen LogP) is 3.31. The lowest BCUT2D eigenvalue weighted by atomic mass is 10.2. The molecule has 0 spiro atoms. The summed E-state index contributed by atoms with van der Waals surface area (Å²) in [7, 11) is 0. The van der Waals surface area contributed by atoms with Gasteiger partial charge in [0, 0.05) is 29.7 Å². The zero-order valence-corrected chi connectivity index (χ0v) is 12.7. The summed E-state index contributed by atoms with van der Waals surface area (Å²) in [4.78, 5) is 2.75. The van der Waals surface area contributed by atoms with E-state index >= 15 is 0 Å². The highest BCUT2D eigenvalue weighted by molar-refractivity contribution is 8.00. The zero-order chi connectivity index (χ0) is 13.1. The Morgan fingerprint density at radius 2 is 2.39 bits per heavy atom. The van der Waals surface area contributed by atoms with Crippen LogP contribution in [-0.2, 0) is 0 Å². The average Bonchev–Trinajstić information content (AvgIpc) is 2.38. The van der Waals surface area contributed by atoms with E-state index in [1.54, 1.807) is 0 Å². The summed E-state index contributed by atoms with van der Waals surface area (Å²) in [5.41, 5.74) is 7.53. The summed E-state index contributed by atoms with van der Waals surface area (Å²) in [6.07, 6.45) is 1.20. The zero-order valence-electron chi connectivity index (χ0n) is 10.4. The summed E-state index contributed by atoms with van der Waals surface area (Å²) < 4.78 is 0. The van der Waals surface area contributed by atoms with Crippen molar-refractivity contribution in [1.29, 1.82) is 0 Å². The van der Waals surface area contributed by atoms with Gasteiger partial charge in [-0.3, -0.25) is 0 Å². The third kappa shape index (κ3) is 3.11. The van der Waals surface area contributed by atoms with E-state index in [-0.39, 0.29) is 0 Å². The fraction of sp³-hybridized carbons (Fsp3) is 0.462. The van der Waals surface area contributed by atoms with Gasteiger partial charge >= 0.3 is 0 Å². The van der Waals surface area contributed by atoms with Crippen molar-refractivity contribution in [3.05, 3.63) is 28.8 Å². The van der Waals surface area contributed by atoms with Crippen molar-refractivity contribution in [1.82, 2.24) is 0 Å². The molecular weight excluding hydrogens is 284 g/mol. The number of thiocarbonyl (C=S) groups is 1. The van der Waals surface area contributed by atoms with E-state index in [9.17, 15) is 0 Å². The molecule has 1 heterocycles. The predicted molar refractivity (Wildman–Crippen MR) is 86.1 cm³/mol. The van der Waals surface area contributed by atoms with Crippen LogP contribution in [0, 0.1) is 0 Å². The molecule has 0 saturated carbocycles. The van der Waals surface area contributed by atoms with Crippen molar-refractivity contribution in [2.24, 2.45) is 5.73 Å². The summed E-state index contributed by atoms with van der Waals surface area (Å²) in [5.74, 6) is 1.16. The molecule has 5 heteroatoms. The molecular formula is C13H17ClN2S2. The number of anilines is 1. The summed E-state index contributed by atoms with van der Waals surface area (Å²) >= 11 is 13.3. The SMILES string of the molecule is CCC1CN(c2ccc(C(N)=S)cc2Cl)CCS1. The van der Waals surface area contributed by atoms with Gasteiger partial charge in [-0.25, -0.2) is 0 Å². The molecule has 2 nitrogen and oxygen atoms in total. The Hall–Kier alpha value is -0.450. The molecule has 1 atom stereocenters. The fourth-order valence-electron chi connectivity index (χ4n) is 2.10. The van der Waals surface area contributed by atoms with Gasteiger partial charge in [-0.15, -0.1) is 0 Å². The number of hydrogen-bond donors (Lipinski definition) is 1. The van der Waals surface area contributed by atoms with Crippen molar-refractivity contribution in [3.63, 3.8) is 0 Å². The quantitative estimate of drug-likeness (QED) is 0.867. The molecule has 0 bridgehead atoms. The number of benzene rings is 1. The molecule has 0 aromatic heterocycles. The first-order valence-electron chi connectivity index (χ1n) is 6.07. The van der Waals surface area contributed by atoms with Crippen molar-refractivity contribution >= 4 is 46.3 Å². The van der Waals surface area contributed by atoms with Gasteiger partial charge in [0.05, 0.1) is 10.7 Å². The summed E-state index contributed by atoms with van der Waals surface area (Å²) in [6, 6.07) is 5.84. The molecule has 1 fully saturated rings. The van der Waals surface area contributed by atoms with Crippen LogP contribution in [0.3, 0.4) is 0 Å². The van der Waals surface area contributed by atoms with Gasteiger partial charge in [-0.2, -0.15) is 11.8 Å². The Kier molecular flexibility index (Phi) is 4.76. The van der Waals surface area contributed by atoms with Gasteiger partial charge in [-0.1, -0.05) is 30.7 Å². The second-order valence-corrected chi connectivity index (χ2v) is 6.63. The van der Waals surface area contributed by atoms with Gasteiger partial charge in [0.2, 0.25) is 0 Å². The van der Waals surface area contributed by atoms with E-state index in [1.165, 1.54) is 6.42 Å². The number of halogens is 1. The lowest BCUT2D eigenvalue weighted by Crippen LogP contribution is -2.37. The van der Waals surface area contributed by atoms with Crippen molar-refractivity contribution < 1.29 is 0 Å². The summed E-state index contributed by atoms with van der Waals surface area (Å²) in [6.45, 7) is 4.35. The molecule has 98 valence electrons. The summed E-state index contributed by atoms with van der Waals surface area (Å²) in [5, 5.41) is 1.44. The minimum Gasteiger partial charge on any atom is -0.389 e. The largest absolute Gasteiger partial charge is 0.389 e. The monoisotopic (exact) mass is 300 g/mol. The number of nitrogens with two attached hydrogens (primary N) is 1. The second-order valence-electron chi connectivity index (χ2n) is 4.38. The van der Waals surface area contributed by atoms with Crippen LogP contribution in [0.25, 0.3) is 0 Å². The third-order valence-corrected chi connectivity index (χ3v) is 5.08. The molecule has 1 aromatic rings. The van der Waals surface area contributed by atoms with E-state index in [4.69, 9.17) is 29.6 Å². The molecule has 0 aliphatic carbocycles. The number of rotatable bonds is 3.